The summed E-state index contributed by atoms with van der Waals surface area (Å²) >= 11 is 0. The topological polar surface area (TPSA) is 49.8 Å². The van der Waals surface area contributed by atoms with Gasteiger partial charge in [-0.05, 0) is 39.2 Å². The third-order valence-corrected chi connectivity index (χ3v) is 4.47. The van der Waals surface area contributed by atoms with E-state index in [0.717, 1.165) is 12.8 Å². The third kappa shape index (κ3) is 4.30. The Labute approximate surface area is 137 Å². The van der Waals surface area contributed by atoms with Crippen molar-refractivity contribution >= 4 is 5.91 Å². The van der Waals surface area contributed by atoms with Gasteiger partial charge in [0.05, 0.1) is 11.5 Å². The highest BCUT2D eigenvalue weighted by molar-refractivity contribution is 5.87. The van der Waals surface area contributed by atoms with Gasteiger partial charge >= 0.3 is 0 Å². The molecule has 1 N–H and O–H groups in total. The molecule has 128 valence electrons. The zero-order valence-electron chi connectivity index (χ0n) is 13.9. The molecule has 1 aromatic carbocycles. The van der Waals surface area contributed by atoms with Crippen molar-refractivity contribution in [2.75, 3.05) is 26.3 Å². The van der Waals surface area contributed by atoms with Crippen LogP contribution in [0.4, 0.5) is 4.39 Å². The Morgan fingerprint density at radius 1 is 1.35 bits per heavy atom. The summed E-state index contributed by atoms with van der Waals surface area (Å²) in [5.41, 5.74) is -0.443. The Balaban J connectivity index is 1.95. The molecule has 0 bridgehead atoms. The van der Waals surface area contributed by atoms with E-state index in [1.165, 1.54) is 6.07 Å². The number of nitrogens with zero attached hydrogens (tertiary/aromatic N) is 1. The molecule has 0 unspecified atom stereocenters. The highest BCUT2D eigenvalue weighted by Crippen LogP contribution is 2.29. The van der Waals surface area contributed by atoms with E-state index < -0.39 is 5.41 Å². The first-order valence-electron chi connectivity index (χ1n) is 8.23. The van der Waals surface area contributed by atoms with Crippen molar-refractivity contribution in [3.05, 3.63) is 35.6 Å². The number of amides is 1. The molecule has 1 amide bonds. The van der Waals surface area contributed by atoms with Gasteiger partial charge in [-0.2, -0.15) is 0 Å². The molecule has 0 saturated carbocycles. The van der Waals surface area contributed by atoms with Crippen molar-refractivity contribution < 1.29 is 19.0 Å². The fourth-order valence-corrected chi connectivity index (χ4v) is 3.02. The Morgan fingerprint density at radius 3 is 2.61 bits per heavy atom. The van der Waals surface area contributed by atoms with E-state index in [1.54, 1.807) is 36.9 Å². The van der Waals surface area contributed by atoms with Gasteiger partial charge in [0.2, 0.25) is 5.91 Å². The second-order valence-corrected chi connectivity index (χ2v) is 6.54. The maximum absolute atomic E-state index is 14.0. The summed E-state index contributed by atoms with van der Waals surface area (Å²) in [7, 11) is 0. The number of rotatable bonds is 6. The molecule has 1 fully saturated rings. The van der Waals surface area contributed by atoms with Gasteiger partial charge in [0, 0.05) is 31.9 Å². The van der Waals surface area contributed by atoms with Crippen molar-refractivity contribution in [3.63, 3.8) is 0 Å². The standard InChI is InChI=1S/C18H26FNO3/c1-18(2,15-6-3-4-7-16(15)19)17(22)20-10-8-14(9-11-20)23-13-5-12-21/h3-4,6-7,14,21H,5,8-13H2,1-2H3. The van der Waals surface area contributed by atoms with Crippen LogP contribution in [-0.4, -0.2) is 48.3 Å². The van der Waals surface area contributed by atoms with Gasteiger partial charge in [0.25, 0.3) is 0 Å². The van der Waals surface area contributed by atoms with E-state index in [1.807, 2.05) is 0 Å². The molecule has 0 spiro atoms. The van der Waals surface area contributed by atoms with Crippen LogP contribution in [0.15, 0.2) is 24.3 Å². The summed E-state index contributed by atoms with van der Waals surface area (Å²) in [6.45, 7) is 5.49. The Morgan fingerprint density at radius 2 is 2.00 bits per heavy atom. The van der Waals surface area contributed by atoms with Crippen LogP contribution in [0.2, 0.25) is 0 Å². The zero-order valence-corrected chi connectivity index (χ0v) is 13.9. The van der Waals surface area contributed by atoms with E-state index in [-0.39, 0.29) is 24.4 Å². The number of benzene rings is 1. The predicted molar refractivity (Wildman–Crippen MR) is 86.7 cm³/mol. The molecule has 1 aliphatic heterocycles. The van der Waals surface area contributed by atoms with Crippen molar-refractivity contribution in [2.24, 2.45) is 0 Å². The number of halogens is 1. The molecule has 0 aromatic heterocycles. The van der Waals surface area contributed by atoms with Crippen LogP contribution in [0.5, 0.6) is 0 Å². The van der Waals surface area contributed by atoms with Gasteiger partial charge in [-0.15, -0.1) is 0 Å². The smallest absolute Gasteiger partial charge is 0.232 e. The van der Waals surface area contributed by atoms with E-state index in [2.05, 4.69) is 0 Å². The summed E-state index contributed by atoms with van der Waals surface area (Å²) in [4.78, 5) is 14.6. The number of carbonyl (C=O) groups is 1. The van der Waals surface area contributed by atoms with Crippen molar-refractivity contribution in [1.82, 2.24) is 4.90 Å². The number of carbonyl (C=O) groups excluding carboxylic acids is 1. The summed E-state index contributed by atoms with van der Waals surface area (Å²) in [6.07, 6.45) is 2.34. The average Bonchev–Trinajstić information content (AvgIpc) is 2.55. The van der Waals surface area contributed by atoms with Gasteiger partial charge in [0.15, 0.2) is 0 Å². The normalized spacial score (nSPS) is 16.6. The number of likely N-dealkylation sites (tertiary alicyclic amines) is 1. The molecule has 1 saturated heterocycles. The second kappa shape index (κ2) is 7.88. The molecule has 0 radical (unpaired) electrons. The van der Waals surface area contributed by atoms with E-state index in [0.29, 0.717) is 31.7 Å². The minimum atomic E-state index is -0.879. The number of aliphatic hydroxyl groups excluding tert-OH is 1. The lowest BCUT2D eigenvalue weighted by atomic mass is 9.82. The number of hydrogen-bond donors (Lipinski definition) is 1. The van der Waals surface area contributed by atoms with Gasteiger partial charge in [-0.1, -0.05) is 18.2 Å². The van der Waals surface area contributed by atoms with Gasteiger partial charge < -0.3 is 14.7 Å². The SMILES string of the molecule is CC(C)(C(=O)N1CCC(OCCCO)CC1)c1ccccc1F. The largest absolute Gasteiger partial charge is 0.396 e. The average molecular weight is 323 g/mol. The van der Waals surface area contributed by atoms with Crippen molar-refractivity contribution in [1.29, 1.82) is 0 Å². The lowest BCUT2D eigenvalue weighted by Crippen LogP contribution is -2.48. The van der Waals surface area contributed by atoms with E-state index in [4.69, 9.17) is 9.84 Å². The fraction of sp³-hybridized carbons (Fsp3) is 0.611. The minimum Gasteiger partial charge on any atom is -0.396 e. The lowest BCUT2D eigenvalue weighted by molar-refractivity contribution is -0.139. The Hall–Kier alpha value is -1.46. The van der Waals surface area contributed by atoms with Crippen molar-refractivity contribution in [2.45, 2.75) is 44.6 Å². The monoisotopic (exact) mass is 323 g/mol. The summed E-state index contributed by atoms with van der Waals surface area (Å²) < 4.78 is 19.7. The zero-order chi connectivity index (χ0) is 16.9. The van der Waals surface area contributed by atoms with Crippen molar-refractivity contribution in [3.8, 4) is 0 Å². The number of hydrogen-bond acceptors (Lipinski definition) is 3. The molecule has 2 rings (SSSR count). The van der Waals surface area contributed by atoms with Crippen LogP contribution >= 0.6 is 0 Å². The van der Waals surface area contributed by atoms with Crippen LogP contribution in [0.25, 0.3) is 0 Å². The summed E-state index contributed by atoms with van der Waals surface area (Å²) in [5, 5.41) is 8.77. The fourth-order valence-electron chi connectivity index (χ4n) is 3.02. The summed E-state index contributed by atoms with van der Waals surface area (Å²) in [5.74, 6) is -0.385. The van der Waals surface area contributed by atoms with Gasteiger partial charge in [-0.25, -0.2) is 4.39 Å². The van der Waals surface area contributed by atoms with E-state index >= 15 is 0 Å². The summed E-state index contributed by atoms with van der Waals surface area (Å²) in [6, 6.07) is 6.47. The lowest BCUT2D eigenvalue weighted by Gasteiger charge is -2.37. The molecule has 1 aliphatic rings. The molecule has 1 heterocycles. The maximum Gasteiger partial charge on any atom is 0.232 e. The van der Waals surface area contributed by atoms with Crippen LogP contribution in [-0.2, 0) is 14.9 Å². The molecular formula is C18H26FNO3. The molecule has 0 atom stereocenters. The third-order valence-electron chi connectivity index (χ3n) is 4.47. The van der Waals surface area contributed by atoms with Crippen LogP contribution in [0.3, 0.4) is 0 Å². The van der Waals surface area contributed by atoms with Crippen LogP contribution in [0, 0.1) is 5.82 Å². The first-order valence-corrected chi connectivity index (χ1v) is 8.23. The molecule has 23 heavy (non-hydrogen) atoms. The highest BCUT2D eigenvalue weighted by Gasteiger charge is 2.37. The highest BCUT2D eigenvalue weighted by atomic mass is 19.1. The first-order chi connectivity index (χ1) is 11.0. The number of aliphatic hydroxyl groups is 1. The predicted octanol–water partition coefficient (Wildman–Crippen LogP) is 2.49. The van der Waals surface area contributed by atoms with Gasteiger partial charge in [0.1, 0.15) is 5.82 Å². The number of piperidine rings is 1. The molecular weight excluding hydrogens is 297 g/mol. The van der Waals surface area contributed by atoms with Gasteiger partial charge in [-0.3, -0.25) is 4.79 Å². The Bertz CT molecular complexity index is 525. The minimum absolute atomic E-state index is 0.0450. The molecule has 4 nitrogen and oxygen atoms in total. The first kappa shape index (κ1) is 17.9. The maximum atomic E-state index is 14.0. The number of ether oxygens (including phenoxy) is 1. The molecule has 0 aliphatic carbocycles. The van der Waals surface area contributed by atoms with Crippen LogP contribution < -0.4 is 0 Å². The van der Waals surface area contributed by atoms with Crippen LogP contribution in [0.1, 0.15) is 38.7 Å². The quantitative estimate of drug-likeness (QED) is 0.818. The Kier molecular flexibility index (Phi) is 6.13. The second-order valence-electron chi connectivity index (χ2n) is 6.54. The molecule has 5 heteroatoms. The van der Waals surface area contributed by atoms with E-state index in [9.17, 15) is 9.18 Å². The molecule has 1 aromatic rings.